The standard InChI is InChI=1S/C15H18N4S/c1-2-4-14-13(3-1)11(9-20-14)8-19-10-17-15(18-19)7-16-12-5-6-12/h1-4,10-12,16H,5-9H2. The first kappa shape index (κ1) is 12.4. The fraction of sp³-hybridized carbons (Fsp3) is 0.467. The predicted octanol–water partition coefficient (Wildman–Crippen LogP) is 2.42. The molecule has 1 atom stereocenters. The van der Waals surface area contributed by atoms with Gasteiger partial charge in [-0.05, 0) is 24.5 Å². The topological polar surface area (TPSA) is 42.7 Å². The summed E-state index contributed by atoms with van der Waals surface area (Å²) < 4.78 is 2.00. The van der Waals surface area contributed by atoms with Gasteiger partial charge in [-0.2, -0.15) is 5.10 Å². The third-order valence-electron chi connectivity index (χ3n) is 3.92. The van der Waals surface area contributed by atoms with Crippen molar-refractivity contribution in [3.63, 3.8) is 0 Å². The summed E-state index contributed by atoms with van der Waals surface area (Å²) in [6, 6.07) is 9.41. The Hall–Kier alpha value is -1.33. The van der Waals surface area contributed by atoms with Gasteiger partial charge in [-0.1, -0.05) is 18.2 Å². The van der Waals surface area contributed by atoms with Crippen molar-refractivity contribution >= 4 is 11.8 Å². The van der Waals surface area contributed by atoms with Crippen molar-refractivity contribution in [3.05, 3.63) is 42.0 Å². The lowest BCUT2D eigenvalue weighted by molar-refractivity contribution is 0.538. The van der Waals surface area contributed by atoms with Crippen LogP contribution < -0.4 is 5.32 Å². The number of fused-ring (bicyclic) bond motifs is 1. The van der Waals surface area contributed by atoms with E-state index in [1.807, 2.05) is 22.8 Å². The van der Waals surface area contributed by atoms with Gasteiger partial charge in [0.25, 0.3) is 0 Å². The second-order valence-corrected chi connectivity index (χ2v) is 6.65. The maximum Gasteiger partial charge on any atom is 0.164 e. The van der Waals surface area contributed by atoms with E-state index < -0.39 is 0 Å². The van der Waals surface area contributed by atoms with Crippen LogP contribution in [-0.2, 0) is 13.1 Å². The lowest BCUT2D eigenvalue weighted by Gasteiger charge is -2.09. The number of benzene rings is 1. The van der Waals surface area contributed by atoms with Crippen molar-refractivity contribution in [1.82, 2.24) is 20.1 Å². The summed E-state index contributed by atoms with van der Waals surface area (Å²) in [7, 11) is 0. The first-order valence-corrected chi connectivity index (χ1v) is 8.20. The summed E-state index contributed by atoms with van der Waals surface area (Å²) in [6.07, 6.45) is 4.48. The molecule has 1 aromatic carbocycles. The predicted molar refractivity (Wildman–Crippen MR) is 79.8 cm³/mol. The van der Waals surface area contributed by atoms with Crippen molar-refractivity contribution in [1.29, 1.82) is 0 Å². The summed E-state index contributed by atoms with van der Waals surface area (Å²) >= 11 is 1.95. The molecule has 1 aliphatic carbocycles. The van der Waals surface area contributed by atoms with Gasteiger partial charge in [0.2, 0.25) is 0 Å². The Balaban J connectivity index is 1.41. The number of rotatable bonds is 5. The van der Waals surface area contributed by atoms with Crippen molar-refractivity contribution in [2.45, 2.75) is 42.8 Å². The van der Waals surface area contributed by atoms with E-state index in [1.54, 1.807) is 0 Å². The van der Waals surface area contributed by atoms with Gasteiger partial charge in [0.15, 0.2) is 5.82 Å². The van der Waals surface area contributed by atoms with Crippen molar-refractivity contribution in [3.8, 4) is 0 Å². The van der Waals surface area contributed by atoms with E-state index in [0.717, 1.165) is 24.7 Å². The zero-order valence-electron chi connectivity index (χ0n) is 11.3. The molecule has 1 N–H and O–H groups in total. The van der Waals surface area contributed by atoms with E-state index in [4.69, 9.17) is 0 Å². The van der Waals surface area contributed by atoms with Crippen LogP contribution in [0.25, 0.3) is 0 Å². The number of hydrogen-bond donors (Lipinski definition) is 1. The number of nitrogens with one attached hydrogen (secondary N) is 1. The quantitative estimate of drug-likeness (QED) is 0.916. The molecule has 2 aliphatic rings. The lowest BCUT2D eigenvalue weighted by atomic mass is 10.0. The smallest absolute Gasteiger partial charge is 0.164 e. The summed E-state index contributed by atoms with van der Waals surface area (Å²) in [5.41, 5.74) is 1.46. The van der Waals surface area contributed by atoms with Crippen LogP contribution in [0.4, 0.5) is 0 Å². The van der Waals surface area contributed by atoms with Crippen LogP contribution in [0.15, 0.2) is 35.5 Å². The molecule has 20 heavy (non-hydrogen) atoms. The highest BCUT2D eigenvalue weighted by Gasteiger charge is 2.24. The van der Waals surface area contributed by atoms with Gasteiger partial charge in [-0.25, -0.2) is 4.98 Å². The molecule has 1 saturated carbocycles. The Bertz CT molecular complexity index is 605. The summed E-state index contributed by atoms with van der Waals surface area (Å²) in [5.74, 6) is 2.62. The Morgan fingerprint density at radius 1 is 1.30 bits per heavy atom. The van der Waals surface area contributed by atoms with Gasteiger partial charge >= 0.3 is 0 Å². The Labute approximate surface area is 123 Å². The van der Waals surface area contributed by atoms with E-state index in [9.17, 15) is 0 Å². The normalized spacial score (nSPS) is 21.1. The highest BCUT2D eigenvalue weighted by molar-refractivity contribution is 7.99. The van der Waals surface area contributed by atoms with E-state index in [2.05, 4.69) is 39.7 Å². The van der Waals surface area contributed by atoms with Gasteiger partial charge in [0, 0.05) is 22.6 Å². The number of aromatic nitrogens is 3. The molecule has 0 spiro atoms. The summed E-state index contributed by atoms with van der Waals surface area (Å²) in [6.45, 7) is 1.73. The fourth-order valence-corrected chi connectivity index (χ4v) is 3.87. The SMILES string of the molecule is c1ccc2c(c1)SCC2Cn1cnc(CNC2CC2)n1. The van der Waals surface area contributed by atoms with Gasteiger partial charge < -0.3 is 5.32 Å². The molecule has 0 amide bonds. The minimum atomic E-state index is 0.558. The van der Waals surface area contributed by atoms with Crippen molar-refractivity contribution in [2.24, 2.45) is 0 Å². The van der Waals surface area contributed by atoms with E-state index >= 15 is 0 Å². The van der Waals surface area contributed by atoms with E-state index in [0.29, 0.717) is 12.0 Å². The molecule has 4 rings (SSSR count). The highest BCUT2D eigenvalue weighted by Crippen LogP contribution is 2.39. The molecule has 0 saturated heterocycles. The maximum atomic E-state index is 4.58. The lowest BCUT2D eigenvalue weighted by Crippen LogP contribution is -2.17. The maximum absolute atomic E-state index is 4.58. The van der Waals surface area contributed by atoms with Crippen LogP contribution in [0.5, 0.6) is 0 Å². The van der Waals surface area contributed by atoms with Gasteiger partial charge in [-0.3, -0.25) is 4.68 Å². The van der Waals surface area contributed by atoms with Gasteiger partial charge in [0.1, 0.15) is 6.33 Å². The molecular weight excluding hydrogens is 268 g/mol. The van der Waals surface area contributed by atoms with Crippen molar-refractivity contribution < 1.29 is 0 Å². The molecular formula is C15H18N4S. The summed E-state index contributed by atoms with van der Waals surface area (Å²) in [4.78, 5) is 5.82. The molecule has 2 aromatic rings. The molecule has 1 aliphatic heterocycles. The number of hydrogen-bond acceptors (Lipinski definition) is 4. The molecule has 0 radical (unpaired) electrons. The molecule has 4 nitrogen and oxygen atoms in total. The third kappa shape index (κ3) is 2.60. The van der Waals surface area contributed by atoms with Gasteiger partial charge in [0.05, 0.1) is 13.1 Å². The monoisotopic (exact) mass is 286 g/mol. The average Bonchev–Trinajstić information content (AvgIpc) is 3.06. The third-order valence-corrected chi connectivity index (χ3v) is 5.17. The Morgan fingerprint density at radius 3 is 3.10 bits per heavy atom. The average molecular weight is 286 g/mol. The minimum Gasteiger partial charge on any atom is -0.307 e. The zero-order chi connectivity index (χ0) is 13.4. The fourth-order valence-electron chi connectivity index (χ4n) is 2.63. The second kappa shape index (κ2) is 5.22. The molecule has 2 heterocycles. The van der Waals surface area contributed by atoms with Crippen molar-refractivity contribution in [2.75, 3.05) is 5.75 Å². The first-order chi connectivity index (χ1) is 9.88. The van der Waals surface area contributed by atoms with E-state index in [-0.39, 0.29) is 0 Å². The molecule has 5 heteroatoms. The molecule has 104 valence electrons. The zero-order valence-corrected chi connectivity index (χ0v) is 12.1. The minimum absolute atomic E-state index is 0.558. The Kier molecular flexibility index (Phi) is 3.24. The van der Waals surface area contributed by atoms with Crippen LogP contribution in [-0.4, -0.2) is 26.6 Å². The largest absolute Gasteiger partial charge is 0.307 e. The number of nitrogens with zero attached hydrogens (tertiary/aromatic N) is 3. The van der Waals surface area contributed by atoms with E-state index in [1.165, 1.54) is 23.3 Å². The molecule has 0 bridgehead atoms. The van der Waals surface area contributed by atoms with Crippen LogP contribution in [0.1, 0.15) is 30.1 Å². The summed E-state index contributed by atoms with van der Waals surface area (Å²) in [5, 5.41) is 8.03. The number of thioether (sulfide) groups is 1. The first-order valence-electron chi connectivity index (χ1n) is 7.22. The van der Waals surface area contributed by atoms with Crippen LogP contribution in [0, 0.1) is 0 Å². The second-order valence-electron chi connectivity index (χ2n) is 5.58. The molecule has 1 aromatic heterocycles. The van der Waals surface area contributed by atoms with Gasteiger partial charge in [-0.15, -0.1) is 11.8 Å². The molecule has 1 unspecified atom stereocenters. The van der Waals surface area contributed by atoms with Crippen LogP contribution in [0.3, 0.4) is 0 Å². The van der Waals surface area contributed by atoms with Crippen LogP contribution >= 0.6 is 11.8 Å². The highest BCUT2D eigenvalue weighted by atomic mass is 32.2. The Morgan fingerprint density at radius 2 is 2.20 bits per heavy atom. The molecule has 1 fully saturated rings. The van der Waals surface area contributed by atoms with Crippen LogP contribution in [0.2, 0.25) is 0 Å².